The van der Waals surface area contributed by atoms with E-state index in [0.717, 1.165) is 16.8 Å². The zero-order valence-electron chi connectivity index (χ0n) is 21.4. The van der Waals surface area contributed by atoms with Gasteiger partial charge < -0.3 is 4.57 Å². The minimum absolute atomic E-state index is 0.680. The van der Waals surface area contributed by atoms with Crippen molar-refractivity contribution in [2.24, 2.45) is 0 Å². The molecule has 0 aliphatic carbocycles. The summed E-state index contributed by atoms with van der Waals surface area (Å²) in [6, 6.07) is 18.8. The molecule has 4 aromatic carbocycles. The summed E-state index contributed by atoms with van der Waals surface area (Å²) in [5.41, 5.74) is 16.0. The smallest absolute Gasteiger partial charge is 0.141 e. The number of hydrogen-bond acceptors (Lipinski definition) is 1. The lowest BCUT2D eigenvalue weighted by atomic mass is 9.65. The van der Waals surface area contributed by atoms with Crippen LogP contribution in [0.3, 0.4) is 0 Å². The van der Waals surface area contributed by atoms with Crippen molar-refractivity contribution in [2.45, 2.75) is 0 Å². The first-order valence-corrected chi connectivity index (χ1v) is 12.8. The van der Waals surface area contributed by atoms with Crippen LogP contribution in [-0.2, 0) is 0 Å². The predicted octanol–water partition coefficient (Wildman–Crippen LogP) is -5.11. The molecular weight excluding hydrogens is 484 g/mol. The molecule has 0 spiro atoms. The van der Waals surface area contributed by atoms with Gasteiger partial charge in [0.25, 0.3) is 0 Å². The maximum absolute atomic E-state index is 9.12. The summed E-state index contributed by atoms with van der Waals surface area (Å²) in [6.45, 7) is 0. The Morgan fingerprint density at radius 3 is 1.57 bits per heavy atom. The van der Waals surface area contributed by atoms with E-state index in [1.165, 1.54) is 64.5 Å². The second-order valence-electron chi connectivity index (χ2n) is 9.71. The van der Waals surface area contributed by atoms with Crippen molar-refractivity contribution >= 4 is 131 Å². The monoisotopic (exact) mass is 506 g/mol. The molecule has 0 atom stereocenters. The molecule has 0 aliphatic rings. The van der Waals surface area contributed by atoms with Gasteiger partial charge in [-0.15, -0.1) is 5.46 Å². The van der Waals surface area contributed by atoms with Crippen molar-refractivity contribution in [1.29, 1.82) is 5.26 Å². The third-order valence-electron chi connectivity index (χ3n) is 8.01. The van der Waals surface area contributed by atoms with Gasteiger partial charge >= 0.3 is 0 Å². The zero-order valence-corrected chi connectivity index (χ0v) is 23.0. The van der Waals surface area contributed by atoms with Gasteiger partial charge in [0.1, 0.15) is 54.9 Å². The Morgan fingerprint density at radius 2 is 1.03 bits per heavy atom. The van der Waals surface area contributed by atoms with Gasteiger partial charge in [-0.25, -0.2) is 0 Å². The molecule has 0 radical (unpaired) electrons. The summed E-state index contributed by atoms with van der Waals surface area (Å²) >= 11 is 3.89. The molecule has 1 aromatic heterocycles. The summed E-state index contributed by atoms with van der Waals surface area (Å²) in [5, 5.41) is 11.8. The molecule has 0 unspecified atom stereocenters. The first-order chi connectivity index (χ1) is 16.7. The number of hydrogen-bond donors (Lipinski definition) is 0. The van der Waals surface area contributed by atoms with E-state index in [0.29, 0.717) is 5.56 Å². The number of halogens is 1. The molecule has 1 heterocycles. The average molecular weight is 506 g/mol. The minimum atomic E-state index is 0.680. The van der Waals surface area contributed by atoms with Gasteiger partial charge in [0.2, 0.25) is 0 Å². The Bertz CT molecular complexity index is 1640. The zero-order chi connectivity index (χ0) is 25.2. The summed E-state index contributed by atoms with van der Waals surface area (Å²) in [5.74, 6) is 0. The molecule has 35 heavy (non-hydrogen) atoms. The summed E-state index contributed by atoms with van der Waals surface area (Å²) in [7, 11) is 15.7. The van der Waals surface area contributed by atoms with Crippen molar-refractivity contribution in [3.8, 4) is 22.9 Å². The van der Waals surface area contributed by atoms with Crippen molar-refractivity contribution < 1.29 is 0 Å². The standard InChI is InChI=1S/C25H22B7BrN2/c26-16-14-15-17(27)23(33)20(30)22(32)25(15)35(24(14)21(31)19(29)18(16)28)13-7-5-12(6-8-13)11-3-1-10(9-34)2-4-11/h1-8H,26-32H2. The summed E-state index contributed by atoms with van der Waals surface area (Å²) < 4.78 is 3.68. The van der Waals surface area contributed by atoms with Crippen molar-refractivity contribution in [3.63, 3.8) is 0 Å². The van der Waals surface area contributed by atoms with Crippen LogP contribution >= 0.6 is 15.9 Å². The molecule has 10 heteroatoms. The van der Waals surface area contributed by atoms with Crippen LogP contribution in [0.5, 0.6) is 0 Å². The van der Waals surface area contributed by atoms with E-state index in [4.69, 9.17) is 5.26 Å². The lowest BCUT2D eigenvalue weighted by Gasteiger charge is -2.17. The molecule has 2 nitrogen and oxygen atoms in total. The second-order valence-corrected chi connectivity index (χ2v) is 10.5. The molecule has 0 N–H and O–H groups in total. The number of aromatic nitrogens is 1. The van der Waals surface area contributed by atoms with Crippen LogP contribution in [0.4, 0.5) is 0 Å². The van der Waals surface area contributed by atoms with E-state index in [-0.39, 0.29) is 0 Å². The Balaban J connectivity index is 1.87. The molecule has 0 saturated heterocycles. The van der Waals surface area contributed by atoms with E-state index in [1.807, 2.05) is 24.3 Å². The highest BCUT2D eigenvalue weighted by atomic mass is 79.9. The molecule has 160 valence electrons. The second kappa shape index (κ2) is 8.64. The van der Waals surface area contributed by atoms with E-state index < -0.39 is 0 Å². The van der Waals surface area contributed by atoms with Crippen LogP contribution in [0.25, 0.3) is 38.6 Å². The first kappa shape index (κ1) is 23.8. The summed E-state index contributed by atoms with van der Waals surface area (Å²) in [6.07, 6.45) is 0. The van der Waals surface area contributed by atoms with Crippen LogP contribution in [0.15, 0.2) is 53.0 Å². The largest absolute Gasteiger partial charge is 0.310 e. The normalized spacial score (nSPS) is 11.2. The van der Waals surface area contributed by atoms with Crippen molar-refractivity contribution in [3.05, 3.63) is 58.6 Å². The van der Waals surface area contributed by atoms with Crippen LogP contribution < -0.4 is 38.2 Å². The maximum atomic E-state index is 9.12. The predicted molar refractivity (Wildman–Crippen MR) is 176 cm³/mol. The van der Waals surface area contributed by atoms with E-state index in [9.17, 15) is 0 Å². The van der Waals surface area contributed by atoms with Crippen molar-refractivity contribution in [1.82, 2.24) is 4.57 Å². The van der Waals surface area contributed by atoms with Gasteiger partial charge in [-0.2, -0.15) is 5.26 Å². The lowest BCUT2D eigenvalue weighted by molar-refractivity contribution is 1.19. The Kier molecular flexibility index (Phi) is 5.89. The molecule has 0 aliphatic heterocycles. The molecule has 5 aromatic rings. The number of benzene rings is 4. The highest BCUT2D eigenvalue weighted by Crippen LogP contribution is 2.29. The minimum Gasteiger partial charge on any atom is -0.310 e. The molecule has 0 saturated carbocycles. The highest BCUT2D eigenvalue weighted by molar-refractivity contribution is 9.10. The quantitative estimate of drug-likeness (QED) is 0.221. The first-order valence-electron chi connectivity index (χ1n) is 12.0. The van der Waals surface area contributed by atoms with Gasteiger partial charge in [0, 0.05) is 26.6 Å². The van der Waals surface area contributed by atoms with E-state index in [2.05, 4.69) is 106 Å². The highest BCUT2D eigenvalue weighted by Gasteiger charge is 2.23. The molecular formula is C25H22B7BrN2. The fraction of sp³-hybridized carbons (Fsp3) is 0. The molecule has 0 amide bonds. The van der Waals surface area contributed by atoms with Crippen molar-refractivity contribution in [2.75, 3.05) is 0 Å². The average Bonchev–Trinajstić information content (AvgIpc) is 3.25. The van der Waals surface area contributed by atoms with Gasteiger partial charge in [0.05, 0.1) is 11.6 Å². The number of rotatable bonds is 2. The lowest BCUT2D eigenvalue weighted by Crippen LogP contribution is -2.48. The van der Waals surface area contributed by atoms with E-state index >= 15 is 0 Å². The van der Waals surface area contributed by atoms with Gasteiger partial charge in [-0.1, -0.05) is 73.0 Å². The van der Waals surface area contributed by atoms with Gasteiger partial charge in [0.15, 0.2) is 0 Å². The Morgan fingerprint density at radius 1 is 0.571 bits per heavy atom. The maximum Gasteiger partial charge on any atom is 0.141 e. The molecule has 0 fully saturated rings. The number of nitrogens with zero attached hydrogens (tertiary/aromatic N) is 2. The Hall–Kier alpha value is -2.90. The van der Waals surface area contributed by atoms with Crippen LogP contribution in [0, 0.1) is 11.3 Å². The SMILES string of the molecule is Bc1c(B)c(B)c2c(c1B)c1c(B)c(Br)c(B)c(B)c1n2-c1ccc(-c2ccc(C#N)cc2)cc1. The van der Waals surface area contributed by atoms with Crippen LogP contribution in [0.1, 0.15) is 5.56 Å². The molecule has 0 bridgehead atoms. The third-order valence-corrected chi connectivity index (χ3v) is 9.20. The Labute approximate surface area is 221 Å². The number of nitriles is 1. The van der Waals surface area contributed by atoms with Gasteiger partial charge in [-0.3, -0.25) is 0 Å². The van der Waals surface area contributed by atoms with Crippen LogP contribution in [0.2, 0.25) is 0 Å². The third kappa shape index (κ3) is 3.47. The summed E-state index contributed by atoms with van der Waals surface area (Å²) in [4.78, 5) is 0. The van der Waals surface area contributed by atoms with Crippen LogP contribution in [-0.4, -0.2) is 59.5 Å². The fourth-order valence-corrected chi connectivity index (χ4v) is 5.97. The fourth-order valence-electron chi connectivity index (χ4n) is 5.47. The molecule has 5 rings (SSSR count). The topological polar surface area (TPSA) is 28.7 Å². The van der Waals surface area contributed by atoms with Gasteiger partial charge in [-0.05, 0) is 40.8 Å². The van der Waals surface area contributed by atoms with E-state index in [1.54, 1.807) is 0 Å². The number of fused-ring (bicyclic) bond motifs is 3.